The van der Waals surface area contributed by atoms with E-state index in [9.17, 15) is 8.42 Å². The van der Waals surface area contributed by atoms with Crippen LogP contribution in [0, 0.1) is 13.8 Å². The summed E-state index contributed by atoms with van der Waals surface area (Å²) in [5.41, 5.74) is 2.14. The molecule has 1 aromatic rings. The van der Waals surface area contributed by atoms with Gasteiger partial charge < -0.3 is 4.74 Å². The Morgan fingerprint density at radius 3 is 2.56 bits per heavy atom. The van der Waals surface area contributed by atoms with Crippen LogP contribution >= 0.6 is 0 Å². The van der Waals surface area contributed by atoms with Gasteiger partial charge in [0, 0.05) is 5.75 Å². The van der Waals surface area contributed by atoms with Crippen LogP contribution in [0.3, 0.4) is 0 Å². The van der Waals surface area contributed by atoms with E-state index >= 15 is 0 Å². The summed E-state index contributed by atoms with van der Waals surface area (Å²) in [7, 11) is -2.94. The molecule has 0 saturated heterocycles. The number of rotatable bonds is 5. The molecule has 0 heterocycles. The second kappa shape index (κ2) is 5.34. The predicted molar refractivity (Wildman–Crippen MR) is 65.7 cm³/mol. The molecule has 1 rings (SSSR count). The van der Waals surface area contributed by atoms with Crippen LogP contribution in [0.25, 0.3) is 0 Å². The zero-order chi connectivity index (χ0) is 12.2. The number of ether oxygens (including phenoxy) is 1. The van der Waals surface area contributed by atoms with Crippen LogP contribution in [0.4, 0.5) is 0 Å². The highest BCUT2D eigenvalue weighted by Gasteiger charge is 2.08. The van der Waals surface area contributed by atoms with Crippen molar-refractivity contribution in [3.63, 3.8) is 0 Å². The molecule has 16 heavy (non-hydrogen) atoms. The minimum atomic E-state index is -2.94. The van der Waals surface area contributed by atoms with E-state index in [4.69, 9.17) is 4.74 Å². The predicted octanol–water partition coefficient (Wildman–Crippen LogP) is 2.12. The molecule has 0 amide bonds. The highest BCUT2D eigenvalue weighted by molar-refractivity contribution is 7.91. The fraction of sp³-hybridized carbons (Fsp3) is 0.500. The Bertz CT molecular complexity index is 449. The van der Waals surface area contributed by atoms with Crippen molar-refractivity contribution < 1.29 is 13.2 Å². The first-order valence-electron chi connectivity index (χ1n) is 5.35. The van der Waals surface area contributed by atoms with Crippen LogP contribution in [0.15, 0.2) is 18.2 Å². The number of hydrogen-bond donors (Lipinski definition) is 0. The van der Waals surface area contributed by atoms with Gasteiger partial charge in [-0.2, -0.15) is 0 Å². The Hall–Kier alpha value is -1.03. The van der Waals surface area contributed by atoms with Crippen LogP contribution in [0.5, 0.6) is 5.75 Å². The third-order valence-corrected chi connectivity index (χ3v) is 4.10. The minimum Gasteiger partial charge on any atom is -0.492 e. The molecule has 0 N–H and O–H groups in total. The molecule has 90 valence electrons. The molecule has 0 bridgehead atoms. The smallest absolute Gasteiger partial charge is 0.153 e. The first-order chi connectivity index (χ1) is 7.44. The van der Waals surface area contributed by atoms with E-state index in [1.807, 2.05) is 32.0 Å². The molecular formula is C12H18O3S. The lowest BCUT2D eigenvalue weighted by molar-refractivity contribution is 0.338. The fourth-order valence-electron chi connectivity index (χ4n) is 1.29. The largest absolute Gasteiger partial charge is 0.492 e. The van der Waals surface area contributed by atoms with Crippen LogP contribution in [0.1, 0.15) is 18.1 Å². The van der Waals surface area contributed by atoms with Crippen molar-refractivity contribution in [3.05, 3.63) is 29.3 Å². The number of hydrogen-bond acceptors (Lipinski definition) is 3. The molecule has 0 saturated carbocycles. The van der Waals surface area contributed by atoms with E-state index in [-0.39, 0.29) is 18.1 Å². The summed E-state index contributed by atoms with van der Waals surface area (Å²) in [5.74, 6) is 1.02. The lowest BCUT2D eigenvalue weighted by Gasteiger charge is -2.09. The maximum atomic E-state index is 11.3. The summed E-state index contributed by atoms with van der Waals surface area (Å²) in [6.07, 6.45) is 0. The molecule has 0 spiro atoms. The molecule has 0 fully saturated rings. The highest BCUT2D eigenvalue weighted by Crippen LogP contribution is 2.18. The Labute approximate surface area is 97.4 Å². The van der Waals surface area contributed by atoms with Crippen LogP contribution in [-0.4, -0.2) is 26.5 Å². The van der Waals surface area contributed by atoms with Crippen LogP contribution < -0.4 is 4.74 Å². The van der Waals surface area contributed by atoms with Gasteiger partial charge in [0.15, 0.2) is 9.84 Å². The summed E-state index contributed by atoms with van der Waals surface area (Å²) in [6.45, 7) is 5.80. The van der Waals surface area contributed by atoms with E-state index in [0.29, 0.717) is 0 Å². The van der Waals surface area contributed by atoms with Crippen molar-refractivity contribution in [1.29, 1.82) is 0 Å². The van der Waals surface area contributed by atoms with Crippen molar-refractivity contribution in [1.82, 2.24) is 0 Å². The second-order valence-corrected chi connectivity index (χ2v) is 6.33. The Balaban J connectivity index is 2.59. The van der Waals surface area contributed by atoms with Crippen molar-refractivity contribution in [2.75, 3.05) is 18.1 Å². The summed E-state index contributed by atoms with van der Waals surface area (Å²) in [5, 5.41) is 0. The molecule has 0 radical (unpaired) electrons. The first kappa shape index (κ1) is 13.0. The quantitative estimate of drug-likeness (QED) is 0.794. The monoisotopic (exact) mass is 242 g/mol. The summed E-state index contributed by atoms with van der Waals surface area (Å²) in [6, 6.07) is 5.90. The van der Waals surface area contributed by atoms with Gasteiger partial charge >= 0.3 is 0 Å². The Kier molecular flexibility index (Phi) is 4.35. The second-order valence-electron chi connectivity index (χ2n) is 3.85. The molecular weight excluding hydrogens is 224 g/mol. The van der Waals surface area contributed by atoms with Crippen molar-refractivity contribution in [2.24, 2.45) is 0 Å². The van der Waals surface area contributed by atoms with Gasteiger partial charge in [0.1, 0.15) is 12.4 Å². The topological polar surface area (TPSA) is 43.4 Å². The Morgan fingerprint density at radius 1 is 1.25 bits per heavy atom. The summed E-state index contributed by atoms with van der Waals surface area (Å²) >= 11 is 0. The van der Waals surface area contributed by atoms with Gasteiger partial charge in [-0.1, -0.05) is 19.1 Å². The summed E-state index contributed by atoms with van der Waals surface area (Å²) < 4.78 is 28.0. The average molecular weight is 242 g/mol. The van der Waals surface area contributed by atoms with Gasteiger partial charge in [0.05, 0.1) is 5.75 Å². The van der Waals surface area contributed by atoms with Crippen molar-refractivity contribution in [2.45, 2.75) is 20.8 Å². The van der Waals surface area contributed by atoms with Crippen molar-refractivity contribution >= 4 is 9.84 Å². The zero-order valence-corrected chi connectivity index (χ0v) is 10.8. The lowest BCUT2D eigenvalue weighted by atomic mass is 10.1. The molecule has 0 aliphatic heterocycles. The minimum absolute atomic E-state index is 0.0802. The van der Waals surface area contributed by atoms with Gasteiger partial charge in [0.2, 0.25) is 0 Å². The van der Waals surface area contributed by atoms with Crippen molar-refractivity contribution in [3.8, 4) is 5.75 Å². The maximum absolute atomic E-state index is 11.3. The third kappa shape index (κ3) is 3.85. The lowest BCUT2D eigenvalue weighted by Crippen LogP contribution is -2.15. The molecule has 0 aliphatic carbocycles. The van der Waals surface area contributed by atoms with Gasteiger partial charge in [-0.3, -0.25) is 0 Å². The molecule has 0 atom stereocenters. The normalized spacial score (nSPS) is 11.4. The standard InChI is InChI=1S/C12H18O3S/c1-4-16(13,14)8-7-15-12-9-10(2)5-6-11(12)3/h5-6,9H,4,7-8H2,1-3H3. The van der Waals surface area contributed by atoms with E-state index in [1.54, 1.807) is 6.92 Å². The van der Waals surface area contributed by atoms with Gasteiger partial charge in [-0.05, 0) is 31.0 Å². The molecule has 3 nitrogen and oxygen atoms in total. The average Bonchev–Trinajstić information content (AvgIpc) is 2.23. The highest BCUT2D eigenvalue weighted by atomic mass is 32.2. The maximum Gasteiger partial charge on any atom is 0.153 e. The molecule has 0 aliphatic rings. The SMILES string of the molecule is CCS(=O)(=O)CCOc1cc(C)ccc1C. The Morgan fingerprint density at radius 2 is 1.94 bits per heavy atom. The van der Waals surface area contributed by atoms with E-state index in [1.165, 1.54) is 0 Å². The van der Waals surface area contributed by atoms with E-state index in [2.05, 4.69) is 0 Å². The first-order valence-corrected chi connectivity index (χ1v) is 7.17. The molecule has 0 aromatic heterocycles. The molecule has 1 aromatic carbocycles. The van der Waals surface area contributed by atoms with Crippen LogP contribution in [-0.2, 0) is 9.84 Å². The zero-order valence-electron chi connectivity index (χ0n) is 9.99. The molecule has 4 heteroatoms. The molecule has 0 unspecified atom stereocenters. The van der Waals surface area contributed by atoms with Gasteiger partial charge in [-0.25, -0.2) is 8.42 Å². The number of sulfone groups is 1. The third-order valence-electron chi connectivity index (χ3n) is 2.44. The van der Waals surface area contributed by atoms with Gasteiger partial charge in [-0.15, -0.1) is 0 Å². The van der Waals surface area contributed by atoms with Crippen LogP contribution in [0.2, 0.25) is 0 Å². The van der Waals surface area contributed by atoms with E-state index < -0.39 is 9.84 Å². The summed E-state index contributed by atoms with van der Waals surface area (Å²) in [4.78, 5) is 0. The van der Waals surface area contributed by atoms with Gasteiger partial charge in [0.25, 0.3) is 0 Å². The van der Waals surface area contributed by atoms with E-state index in [0.717, 1.165) is 16.9 Å². The number of aryl methyl sites for hydroxylation is 2. The number of benzene rings is 1. The fourth-order valence-corrected chi connectivity index (χ4v) is 1.91.